The van der Waals surface area contributed by atoms with Gasteiger partial charge in [0, 0.05) is 35.0 Å². The Kier molecular flexibility index (Phi) is 7.94. The first kappa shape index (κ1) is 28.6. The van der Waals surface area contributed by atoms with Crippen molar-refractivity contribution in [1.82, 2.24) is 4.90 Å². The second-order valence-electron chi connectivity index (χ2n) is 11.2. The monoisotopic (exact) mass is 648 g/mol. The number of nitrogens with zero attached hydrogens (tertiary/aromatic N) is 1. The number of amides is 3. The van der Waals surface area contributed by atoms with Gasteiger partial charge < -0.3 is 10.1 Å². The lowest BCUT2D eigenvalue weighted by molar-refractivity contribution is -0.147. The van der Waals surface area contributed by atoms with Gasteiger partial charge in [-0.2, -0.15) is 0 Å². The van der Waals surface area contributed by atoms with E-state index < -0.39 is 18.5 Å². The standard InChI is InChI=1S/C33H30BrClN2O5/c1-18-15-23(34)24(35)16-25(18)36-26(38)17-42-27(39)13-3-2-8-14-37-32(40)30-28-19-9-4-5-10-20(19)29(31(30)33(37)41)22-12-7-6-11-21(22)28/h4-7,9-12,15-16,28-31H,2-3,8,13-14,17H2,1H3,(H,36,38)/t28?,29?,30-,31-/m1/s1. The Bertz CT molecular complexity index is 1490. The summed E-state index contributed by atoms with van der Waals surface area (Å²) in [5.41, 5.74) is 6.02. The summed E-state index contributed by atoms with van der Waals surface area (Å²) < 4.78 is 5.86. The van der Waals surface area contributed by atoms with Gasteiger partial charge >= 0.3 is 5.97 Å². The molecule has 1 fully saturated rings. The number of carbonyl (C=O) groups excluding carboxylic acids is 4. The number of anilines is 1. The molecule has 0 radical (unpaired) electrons. The SMILES string of the molecule is Cc1cc(Br)c(Cl)cc1NC(=O)COC(=O)CCCCCN1C(=O)[C@@H]2C3c4ccccc4C(c4ccccc43)[C@H]2C1=O. The highest BCUT2D eigenvalue weighted by Crippen LogP contribution is 2.60. The minimum absolute atomic E-state index is 0.0864. The van der Waals surface area contributed by atoms with E-state index in [4.69, 9.17) is 16.3 Å². The van der Waals surface area contributed by atoms with E-state index in [0.717, 1.165) is 32.3 Å². The Hall–Kier alpha value is -3.49. The zero-order valence-corrected chi connectivity index (χ0v) is 25.4. The van der Waals surface area contributed by atoms with Gasteiger partial charge in [-0.05, 0) is 75.6 Å². The third-order valence-corrected chi connectivity index (χ3v) is 9.91. The molecule has 2 bridgehead atoms. The second-order valence-corrected chi connectivity index (χ2v) is 12.5. The van der Waals surface area contributed by atoms with Gasteiger partial charge in [0.15, 0.2) is 6.61 Å². The lowest BCUT2D eigenvalue weighted by Gasteiger charge is -2.45. The smallest absolute Gasteiger partial charge is 0.306 e. The molecule has 3 aromatic carbocycles. The van der Waals surface area contributed by atoms with E-state index in [-0.39, 0.29) is 41.9 Å². The summed E-state index contributed by atoms with van der Waals surface area (Å²) in [5.74, 6) is -2.04. The van der Waals surface area contributed by atoms with E-state index in [1.807, 2.05) is 31.2 Å². The van der Waals surface area contributed by atoms with Crippen LogP contribution in [-0.2, 0) is 23.9 Å². The summed E-state index contributed by atoms with van der Waals surface area (Å²) in [7, 11) is 0. The molecular formula is C33H30BrClN2O5. The third kappa shape index (κ3) is 5.05. The van der Waals surface area contributed by atoms with Crippen molar-refractivity contribution < 1.29 is 23.9 Å². The molecule has 216 valence electrons. The summed E-state index contributed by atoms with van der Waals surface area (Å²) in [6.45, 7) is 1.78. The maximum absolute atomic E-state index is 13.7. The van der Waals surface area contributed by atoms with E-state index in [9.17, 15) is 19.2 Å². The maximum Gasteiger partial charge on any atom is 0.306 e. The van der Waals surface area contributed by atoms with E-state index in [1.54, 1.807) is 12.1 Å². The van der Waals surface area contributed by atoms with Crippen molar-refractivity contribution in [2.24, 2.45) is 11.8 Å². The lowest BCUT2D eigenvalue weighted by Crippen LogP contribution is -2.41. The fraction of sp³-hybridized carbons (Fsp3) is 0.333. The number of nitrogens with one attached hydrogen (secondary N) is 1. The predicted molar refractivity (Wildman–Crippen MR) is 162 cm³/mol. The molecular weight excluding hydrogens is 620 g/mol. The largest absolute Gasteiger partial charge is 0.456 e. The Morgan fingerprint density at radius 2 is 1.43 bits per heavy atom. The van der Waals surface area contributed by atoms with Crippen molar-refractivity contribution in [3.63, 3.8) is 0 Å². The fourth-order valence-electron chi connectivity index (χ4n) is 6.86. The van der Waals surface area contributed by atoms with Crippen molar-refractivity contribution in [1.29, 1.82) is 0 Å². The molecule has 0 aromatic heterocycles. The molecule has 7 rings (SSSR count). The fourth-order valence-corrected chi connectivity index (χ4v) is 7.48. The summed E-state index contributed by atoms with van der Waals surface area (Å²) >= 11 is 9.44. The topological polar surface area (TPSA) is 92.8 Å². The van der Waals surface area contributed by atoms with Crippen LogP contribution in [0.4, 0.5) is 5.69 Å². The second kappa shape index (κ2) is 11.7. The molecule has 3 aliphatic carbocycles. The number of carbonyl (C=O) groups is 4. The van der Waals surface area contributed by atoms with Gasteiger partial charge in [-0.25, -0.2) is 0 Å². The molecule has 1 aliphatic heterocycles. The highest BCUT2D eigenvalue weighted by Gasteiger charge is 2.61. The van der Waals surface area contributed by atoms with Gasteiger partial charge in [0.2, 0.25) is 11.8 Å². The molecule has 42 heavy (non-hydrogen) atoms. The summed E-state index contributed by atoms with van der Waals surface area (Å²) in [6.07, 6.45) is 1.94. The quantitative estimate of drug-likeness (QED) is 0.166. The van der Waals surface area contributed by atoms with Crippen LogP contribution in [-0.4, -0.2) is 41.7 Å². The first-order chi connectivity index (χ1) is 20.3. The number of hydrogen-bond donors (Lipinski definition) is 1. The van der Waals surface area contributed by atoms with Crippen LogP contribution in [0, 0.1) is 18.8 Å². The van der Waals surface area contributed by atoms with Crippen molar-refractivity contribution in [3.05, 3.63) is 98.0 Å². The number of rotatable bonds is 9. The van der Waals surface area contributed by atoms with E-state index >= 15 is 0 Å². The molecule has 2 atom stereocenters. The van der Waals surface area contributed by atoms with Gasteiger partial charge in [-0.3, -0.25) is 24.1 Å². The van der Waals surface area contributed by atoms with Crippen molar-refractivity contribution >= 4 is 56.9 Å². The zero-order chi connectivity index (χ0) is 29.5. The van der Waals surface area contributed by atoms with Crippen LogP contribution < -0.4 is 5.32 Å². The minimum Gasteiger partial charge on any atom is -0.456 e. The van der Waals surface area contributed by atoms with Gasteiger partial charge in [0.1, 0.15) is 0 Å². The van der Waals surface area contributed by atoms with Gasteiger partial charge in [0.05, 0.1) is 16.9 Å². The molecule has 0 unspecified atom stereocenters. The Balaban J connectivity index is 0.992. The molecule has 0 spiro atoms. The highest BCUT2D eigenvalue weighted by molar-refractivity contribution is 9.10. The number of halogens is 2. The number of benzene rings is 3. The number of aryl methyl sites for hydroxylation is 1. The Morgan fingerprint density at radius 1 is 0.881 bits per heavy atom. The summed E-state index contributed by atoms with van der Waals surface area (Å²) in [6, 6.07) is 19.8. The average molecular weight is 650 g/mol. The number of esters is 1. The molecule has 0 saturated carbocycles. The van der Waals surface area contributed by atoms with Crippen LogP contribution in [0.3, 0.4) is 0 Å². The molecule has 9 heteroatoms. The first-order valence-electron chi connectivity index (χ1n) is 14.2. The maximum atomic E-state index is 13.7. The van der Waals surface area contributed by atoms with Gasteiger partial charge in [-0.15, -0.1) is 0 Å². The Morgan fingerprint density at radius 3 is 1.98 bits per heavy atom. The number of hydrogen-bond acceptors (Lipinski definition) is 5. The molecule has 3 aromatic rings. The first-order valence-corrected chi connectivity index (χ1v) is 15.4. The van der Waals surface area contributed by atoms with Crippen LogP contribution in [0.1, 0.15) is 65.3 Å². The predicted octanol–water partition coefficient (Wildman–Crippen LogP) is 6.35. The highest BCUT2D eigenvalue weighted by atomic mass is 79.9. The van der Waals surface area contributed by atoms with Crippen molar-refractivity contribution in [3.8, 4) is 0 Å². The Labute approximate surface area is 257 Å². The summed E-state index contributed by atoms with van der Waals surface area (Å²) in [5, 5.41) is 3.17. The molecule has 1 saturated heterocycles. The number of unbranched alkanes of at least 4 members (excludes halogenated alkanes) is 2. The molecule has 1 N–H and O–H groups in total. The molecule has 3 amide bonds. The molecule has 7 nitrogen and oxygen atoms in total. The summed E-state index contributed by atoms with van der Waals surface area (Å²) in [4.78, 5) is 53.2. The van der Waals surface area contributed by atoms with E-state index in [0.29, 0.717) is 36.5 Å². The molecule has 1 heterocycles. The van der Waals surface area contributed by atoms with Crippen molar-refractivity contribution in [2.45, 2.75) is 44.4 Å². The normalized spacial score (nSPS) is 21.5. The number of imide groups is 1. The lowest BCUT2D eigenvalue weighted by atomic mass is 9.55. The van der Waals surface area contributed by atoms with E-state index in [1.165, 1.54) is 4.90 Å². The van der Waals surface area contributed by atoms with Crippen LogP contribution in [0.2, 0.25) is 5.02 Å². The van der Waals surface area contributed by atoms with Crippen LogP contribution in [0.25, 0.3) is 0 Å². The molecule has 4 aliphatic rings. The minimum atomic E-state index is -0.470. The van der Waals surface area contributed by atoms with Crippen LogP contribution in [0.5, 0.6) is 0 Å². The number of likely N-dealkylation sites (tertiary alicyclic amines) is 1. The average Bonchev–Trinajstić information content (AvgIpc) is 3.24. The van der Waals surface area contributed by atoms with Gasteiger partial charge in [-0.1, -0.05) is 66.6 Å². The van der Waals surface area contributed by atoms with Crippen LogP contribution >= 0.6 is 27.5 Å². The number of ether oxygens (including phenoxy) is 1. The third-order valence-electron chi connectivity index (χ3n) is 8.71. The van der Waals surface area contributed by atoms with Crippen molar-refractivity contribution in [2.75, 3.05) is 18.5 Å². The van der Waals surface area contributed by atoms with Crippen LogP contribution in [0.15, 0.2) is 65.1 Å². The zero-order valence-electron chi connectivity index (χ0n) is 23.1. The van der Waals surface area contributed by atoms with E-state index in [2.05, 4.69) is 45.5 Å². The van der Waals surface area contributed by atoms with Gasteiger partial charge in [0.25, 0.3) is 5.91 Å².